The second kappa shape index (κ2) is 6.20. The first kappa shape index (κ1) is 15.2. The van der Waals surface area contributed by atoms with Gasteiger partial charge in [-0.3, -0.25) is 9.59 Å². The number of amides is 2. The molecule has 2 aromatic rings. The van der Waals surface area contributed by atoms with Gasteiger partial charge in [0.2, 0.25) is 11.8 Å². The van der Waals surface area contributed by atoms with E-state index < -0.39 is 5.82 Å². The number of anilines is 2. The van der Waals surface area contributed by atoms with Gasteiger partial charge in [0.15, 0.2) is 0 Å². The molecule has 1 aliphatic carbocycles. The van der Waals surface area contributed by atoms with Crippen molar-refractivity contribution in [2.45, 2.75) is 13.3 Å². The number of hydrogen-bond acceptors (Lipinski definition) is 2. The topological polar surface area (TPSA) is 58.2 Å². The molecule has 2 aromatic carbocycles. The first-order valence-electron chi connectivity index (χ1n) is 7.47. The number of halogens is 1. The largest absolute Gasteiger partial charge is 0.326 e. The van der Waals surface area contributed by atoms with Crippen molar-refractivity contribution in [1.29, 1.82) is 0 Å². The van der Waals surface area contributed by atoms with Crippen LogP contribution in [0.25, 0.3) is 0 Å². The summed E-state index contributed by atoms with van der Waals surface area (Å²) in [5.41, 5.74) is 2.14. The molecule has 2 atom stereocenters. The minimum Gasteiger partial charge on any atom is -0.326 e. The predicted molar refractivity (Wildman–Crippen MR) is 86.4 cm³/mol. The number of rotatable bonds is 4. The Bertz CT molecular complexity index is 760. The van der Waals surface area contributed by atoms with Crippen LogP contribution in [0.1, 0.15) is 12.0 Å². The molecule has 0 bridgehead atoms. The lowest BCUT2D eigenvalue weighted by Crippen LogP contribution is -2.20. The molecule has 0 heterocycles. The summed E-state index contributed by atoms with van der Waals surface area (Å²) in [5.74, 6) is -1.50. The molecule has 0 spiro atoms. The van der Waals surface area contributed by atoms with E-state index in [-0.39, 0.29) is 23.7 Å². The molecular weight excluding hydrogens is 295 g/mol. The zero-order valence-electron chi connectivity index (χ0n) is 12.7. The number of hydrogen-bond donors (Lipinski definition) is 2. The Morgan fingerprint density at radius 3 is 2.39 bits per heavy atom. The Labute approximate surface area is 133 Å². The summed E-state index contributed by atoms with van der Waals surface area (Å²) in [5, 5.41) is 5.50. The van der Waals surface area contributed by atoms with Gasteiger partial charge in [-0.05, 0) is 43.2 Å². The fourth-order valence-corrected chi connectivity index (χ4v) is 2.51. The van der Waals surface area contributed by atoms with Crippen LogP contribution in [0, 0.1) is 24.6 Å². The lowest BCUT2D eigenvalue weighted by Gasteiger charge is -2.08. The van der Waals surface area contributed by atoms with E-state index in [1.165, 1.54) is 18.2 Å². The van der Waals surface area contributed by atoms with Gasteiger partial charge < -0.3 is 10.6 Å². The molecule has 1 aliphatic rings. The van der Waals surface area contributed by atoms with Crippen molar-refractivity contribution >= 4 is 23.2 Å². The minimum atomic E-state index is -0.410. The van der Waals surface area contributed by atoms with Crippen molar-refractivity contribution < 1.29 is 14.0 Å². The normalized spacial score (nSPS) is 19.0. The molecule has 0 radical (unpaired) electrons. The van der Waals surface area contributed by atoms with E-state index in [0.29, 0.717) is 12.1 Å². The van der Waals surface area contributed by atoms with Crippen LogP contribution < -0.4 is 10.6 Å². The Hall–Kier alpha value is -2.69. The van der Waals surface area contributed by atoms with Crippen LogP contribution in [0.4, 0.5) is 15.8 Å². The number of carbonyl (C=O) groups excluding carboxylic acids is 2. The van der Waals surface area contributed by atoms with Crippen LogP contribution in [-0.2, 0) is 9.59 Å². The summed E-state index contributed by atoms with van der Waals surface area (Å²) >= 11 is 0. The second-order valence-electron chi connectivity index (χ2n) is 5.75. The number of benzene rings is 2. The maximum Gasteiger partial charge on any atom is 0.228 e. The summed E-state index contributed by atoms with van der Waals surface area (Å²) in [6, 6.07) is 13.2. The first-order chi connectivity index (χ1) is 11.0. The average Bonchev–Trinajstić information content (AvgIpc) is 3.30. The third kappa shape index (κ3) is 3.56. The van der Waals surface area contributed by atoms with Gasteiger partial charge in [0.25, 0.3) is 0 Å². The SMILES string of the molecule is Cc1ccccc1NC(=O)C1CC1C(=O)Nc1cccc(F)c1. The Morgan fingerprint density at radius 1 is 1.00 bits per heavy atom. The molecule has 5 heteroatoms. The quantitative estimate of drug-likeness (QED) is 0.909. The van der Waals surface area contributed by atoms with Crippen molar-refractivity contribution in [3.8, 4) is 0 Å². The Morgan fingerprint density at radius 2 is 1.70 bits per heavy atom. The van der Waals surface area contributed by atoms with Gasteiger partial charge in [-0.15, -0.1) is 0 Å². The van der Waals surface area contributed by atoms with Gasteiger partial charge in [0, 0.05) is 11.4 Å². The maximum atomic E-state index is 13.1. The highest BCUT2D eigenvalue weighted by Gasteiger charge is 2.48. The highest BCUT2D eigenvalue weighted by Crippen LogP contribution is 2.40. The van der Waals surface area contributed by atoms with E-state index in [4.69, 9.17) is 0 Å². The molecule has 0 aliphatic heterocycles. The van der Waals surface area contributed by atoms with Gasteiger partial charge in [-0.25, -0.2) is 4.39 Å². The zero-order valence-corrected chi connectivity index (χ0v) is 12.7. The Kier molecular flexibility index (Phi) is 4.10. The zero-order chi connectivity index (χ0) is 16.4. The molecule has 0 aromatic heterocycles. The Balaban J connectivity index is 1.57. The van der Waals surface area contributed by atoms with Gasteiger partial charge in [0.1, 0.15) is 5.82 Å². The van der Waals surface area contributed by atoms with Gasteiger partial charge in [-0.2, -0.15) is 0 Å². The number of carbonyl (C=O) groups is 2. The minimum absolute atomic E-state index is 0.154. The van der Waals surface area contributed by atoms with Crippen LogP contribution in [0.15, 0.2) is 48.5 Å². The summed E-state index contributed by atoms with van der Waals surface area (Å²) in [7, 11) is 0. The fourth-order valence-electron chi connectivity index (χ4n) is 2.51. The van der Waals surface area contributed by atoms with Crippen LogP contribution in [0.3, 0.4) is 0 Å². The number of aryl methyl sites for hydroxylation is 1. The van der Waals surface area contributed by atoms with E-state index in [1.807, 2.05) is 31.2 Å². The molecule has 118 valence electrons. The van der Waals surface area contributed by atoms with E-state index in [1.54, 1.807) is 6.07 Å². The highest BCUT2D eigenvalue weighted by atomic mass is 19.1. The summed E-state index contributed by atoms with van der Waals surface area (Å²) in [4.78, 5) is 24.3. The highest BCUT2D eigenvalue weighted by molar-refractivity contribution is 6.03. The molecule has 1 fully saturated rings. The van der Waals surface area contributed by atoms with Crippen LogP contribution in [0.5, 0.6) is 0 Å². The third-order valence-electron chi connectivity index (χ3n) is 3.96. The predicted octanol–water partition coefficient (Wildman–Crippen LogP) is 3.35. The van der Waals surface area contributed by atoms with Gasteiger partial charge >= 0.3 is 0 Å². The van der Waals surface area contributed by atoms with Crippen molar-refractivity contribution in [1.82, 2.24) is 0 Å². The molecule has 2 N–H and O–H groups in total. The van der Waals surface area contributed by atoms with E-state index in [0.717, 1.165) is 11.3 Å². The standard InChI is InChI=1S/C18H17FN2O2/c1-11-5-2-3-8-16(11)21-18(23)15-10-14(15)17(22)20-13-7-4-6-12(19)9-13/h2-9,14-15H,10H2,1H3,(H,20,22)(H,21,23). The van der Waals surface area contributed by atoms with Crippen molar-refractivity contribution in [3.63, 3.8) is 0 Å². The average molecular weight is 312 g/mol. The van der Waals surface area contributed by atoms with Crippen LogP contribution in [-0.4, -0.2) is 11.8 Å². The summed E-state index contributed by atoms with van der Waals surface area (Å²) in [6.07, 6.45) is 0.513. The van der Waals surface area contributed by atoms with E-state index in [9.17, 15) is 14.0 Å². The monoisotopic (exact) mass is 312 g/mol. The summed E-state index contributed by atoms with van der Waals surface area (Å²) < 4.78 is 13.1. The lowest BCUT2D eigenvalue weighted by atomic mass is 10.2. The molecule has 2 amide bonds. The molecule has 3 rings (SSSR count). The van der Waals surface area contributed by atoms with Crippen molar-refractivity contribution in [3.05, 3.63) is 59.9 Å². The summed E-state index contributed by atoms with van der Waals surface area (Å²) in [6.45, 7) is 1.91. The van der Waals surface area contributed by atoms with Gasteiger partial charge in [-0.1, -0.05) is 24.3 Å². The lowest BCUT2D eigenvalue weighted by molar-refractivity contribution is -0.122. The molecule has 1 saturated carbocycles. The molecule has 2 unspecified atom stereocenters. The molecular formula is C18H17FN2O2. The number of para-hydroxylation sites is 1. The van der Waals surface area contributed by atoms with Crippen LogP contribution >= 0.6 is 0 Å². The molecule has 0 saturated heterocycles. The first-order valence-corrected chi connectivity index (χ1v) is 7.47. The third-order valence-corrected chi connectivity index (χ3v) is 3.96. The fraction of sp³-hybridized carbons (Fsp3) is 0.222. The van der Waals surface area contributed by atoms with Gasteiger partial charge in [0.05, 0.1) is 11.8 Å². The van der Waals surface area contributed by atoms with Crippen molar-refractivity contribution in [2.24, 2.45) is 11.8 Å². The van der Waals surface area contributed by atoms with E-state index >= 15 is 0 Å². The smallest absolute Gasteiger partial charge is 0.228 e. The number of nitrogens with one attached hydrogen (secondary N) is 2. The molecule has 23 heavy (non-hydrogen) atoms. The molecule has 4 nitrogen and oxygen atoms in total. The maximum absolute atomic E-state index is 13.1. The van der Waals surface area contributed by atoms with E-state index in [2.05, 4.69) is 10.6 Å². The van der Waals surface area contributed by atoms with Crippen molar-refractivity contribution in [2.75, 3.05) is 10.6 Å². The van der Waals surface area contributed by atoms with Crippen LogP contribution in [0.2, 0.25) is 0 Å². The second-order valence-corrected chi connectivity index (χ2v) is 5.75.